The number of ether oxygens (including phenoxy) is 2. The van der Waals surface area contributed by atoms with Crippen LogP contribution in [0.4, 0.5) is 24.5 Å². The number of aliphatic imine (C=N–C) groups is 1. The van der Waals surface area contributed by atoms with Crippen LogP contribution in [0.3, 0.4) is 0 Å². The van der Waals surface area contributed by atoms with E-state index in [2.05, 4.69) is 20.9 Å². The number of rotatable bonds is 6. The molecular formula is C23H18BrF3N2O4. The SMILES string of the molecule is COc1cc(C=Nc2ccc(C)cc2C)cc(Br)c1Oc1ccc(C(F)(F)F)cc1[N+](=O)[O-]. The van der Waals surface area contributed by atoms with E-state index in [-0.39, 0.29) is 17.2 Å². The van der Waals surface area contributed by atoms with Gasteiger partial charge in [-0.15, -0.1) is 0 Å². The van der Waals surface area contributed by atoms with E-state index < -0.39 is 22.4 Å². The monoisotopic (exact) mass is 522 g/mol. The number of alkyl halides is 3. The molecule has 0 saturated heterocycles. The second kappa shape index (κ2) is 9.62. The molecule has 6 nitrogen and oxygen atoms in total. The summed E-state index contributed by atoms with van der Waals surface area (Å²) < 4.78 is 50.2. The molecule has 0 heterocycles. The van der Waals surface area contributed by atoms with Crippen LogP contribution < -0.4 is 9.47 Å². The summed E-state index contributed by atoms with van der Waals surface area (Å²) in [5.74, 6) is -0.0756. The van der Waals surface area contributed by atoms with Crippen LogP contribution in [-0.2, 0) is 6.18 Å². The first-order valence-electron chi connectivity index (χ1n) is 9.52. The average Bonchev–Trinajstić information content (AvgIpc) is 2.73. The van der Waals surface area contributed by atoms with E-state index in [1.54, 1.807) is 18.3 Å². The number of hydrogen-bond acceptors (Lipinski definition) is 5. The Bertz CT molecular complexity index is 1240. The van der Waals surface area contributed by atoms with E-state index in [0.717, 1.165) is 22.9 Å². The summed E-state index contributed by atoms with van der Waals surface area (Å²) in [5, 5.41) is 11.4. The van der Waals surface area contributed by atoms with Crippen molar-refractivity contribution in [3.05, 3.63) is 85.4 Å². The van der Waals surface area contributed by atoms with Gasteiger partial charge in [-0.2, -0.15) is 13.2 Å². The molecule has 0 fully saturated rings. The Morgan fingerprint density at radius 2 is 1.79 bits per heavy atom. The van der Waals surface area contributed by atoms with Crippen LogP contribution in [0.5, 0.6) is 17.2 Å². The second-order valence-corrected chi connectivity index (χ2v) is 7.98. The summed E-state index contributed by atoms with van der Waals surface area (Å²) in [6.45, 7) is 3.94. The van der Waals surface area contributed by atoms with Crippen molar-refractivity contribution in [2.24, 2.45) is 4.99 Å². The van der Waals surface area contributed by atoms with Gasteiger partial charge in [-0.25, -0.2) is 0 Å². The van der Waals surface area contributed by atoms with E-state index in [0.29, 0.717) is 22.2 Å². The van der Waals surface area contributed by atoms with Gasteiger partial charge < -0.3 is 9.47 Å². The molecule has 0 bridgehead atoms. The summed E-state index contributed by atoms with van der Waals surface area (Å²) in [6.07, 6.45) is -3.10. The van der Waals surface area contributed by atoms with Crippen molar-refractivity contribution < 1.29 is 27.6 Å². The lowest BCUT2D eigenvalue weighted by molar-refractivity contribution is -0.385. The summed E-state index contributed by atoms with van der Waals surface area (Å²) in [4.78, 5) is 14.9. The highest BCUT2D eigenvalue weighted by Gasteiger charge is 2.33. The van der Waals surface area contributed by atoms with E-state index in [1.807, 2.05) is 32.0 Å². The number of methoxy groups -OCH3 is 1. The fraction of sp³-hybridized carbons (Fsp3) is 0.174. The number of aryl methyl sites for hydroxylation is 2. The average molecular weight is 523 g/mol. The number of hydrogen-bond donors (Lipinski definition) is 0. The van der Waals surface area contributed by atoms with Crippen LogP contribution in [0.25, 0.3) is 0 Å². The quantitative estimate of drug-likeness (QED) is 0.190. The predicted octanol–water partition coefficient (Wildman–Crippen LogP) is 7.54. The van der Waals surface area contributed by atoms with Crippen LogP contribution >= 0.6 is 15.9 Å². The van der Waals surface area contributed by atoms with Crippen molar-refractivity contribution >= 4 is 33.5 Å². The molecule has 3 aromatic carbocycles. The lowest BCUT2D eigenvalue weighted by atomic mass is 10.1. The summed E-state index contributed by atoms with van der Waals surface area (Å²) in [5.41, 5.74) is 1.59. The van der Waals surface area contributed by atoms with Gasteiger partial charge in [0.15, 0.2) is 11.5 Å². The molecule has 10 heteroatoms. The first kappa shape index (κ1) is 24.2. The molecular weight excluding hydrogens is 505 g/mol. The zero-order valence-electron chi connectivity index (χ0n) is 17.7. The normalized spacial score (nSPS) is 11.6. The lowest BCUT2D eigenvalue weighted by Crippen LogP contribution is -2.06. The molecule has 0 aliphatic heterocycles. The Hall–Kier alpha value is -3.40. The third-order valence-corrected chi connectivity index (χ3v) is 5.24. The Balaban J connectivity index is 1.97. The molecule has 0 saturated carbocycles. The highest BCUT2D eigenvalue weighted by Crippen LogP contribution is 2.43. The lowest BCUT2D eigenvalue weighted by Gasteiger charge is -2.14. The minimum Gasteiger partial charge on any atom is -0.493 e. The molecule has 0 aliphatic rings. The van der Waals surface area contributed by atoms with Crippen molar-refractivity contribution in [3.8, 4) is 17.2 Å². The molecule has 3 rings (SSSR count). The highest BCUT2D eigenvalue weighted by atomic mass is 79.9. The molecule has 172 valence electrons. The maximum Gasteiger partial charge on any atom is 0.416 e. The fourth-order valence-electron chi connectivity index (χ4n) is 3.04. The van der Waals surface area contributed by atoms with Gasteiger partial charge in [-0.1, -0.05) is 17.7 Å². The minimum atomic E-state index is -4.72. The first-order valence-corrected chi connectivity index (χ1v) is 10.3. The fourth-order valence-corrected chi connectivity index (χ4v) is 3.58. The standard InChI is InChI=1S/C23H18BrF3N2O4/c1-13-4-6-18(14(2)8-13)28-12-15-9-17(24)22(21(10-15)32-3)33-20-7-5-16(23(25,26)27)11-19(20)29(30)31/h4-12H,1-3H3. The van der Waals surface area contributed by atoms with Gasteiger partial charge in [-0.3, -0.25) is 15.1 Å². The molecule has 0 aromatic heterocycles. The van der Waals surface area contributed by atoms with Crippen molar-refractivity contribution in [3.63, 3.8) is 0 Å². The van der Waals surface area contributed by atoms with Gasteiger partial charge >= 0.3 is 11.9 Å². The van der Waals surface area contributed by atoms with E-state index in [4.69, 9.17) is 9.47 Å². The van der Waals surface area contributed by atoms with Gasteiger partial charge in [0.2, 0.25) is 5.75 Å². The summed E-state index contributed by atoms with van der Waals surface area (Å²) >= 11 is 3.34. The Morgan fingerprint density at radius 1 is 1.06 bits per heavy atom. The van der Waals surface area contributed by atoms with Gasteiger partial charge in [-0.05, 0) is 71.2 Å². The van der Waals surface area contributed by atoms with Crippen molar-refractivity contribution in [2.45, 2.75) is 20.0 Å². The largest absolute Gasteiger partial charge is 0.493 e. The van der Waals surface area contributed by atoms with E-state index in [9.17, 15) is 23.3 Å². The van der Waals surface area contributed by atoms with Crippen molar-refractivity contribution in [1.82, 2.24) is 0 Å². The molecule has 0 spiro atoms. The topological polar surface area (TPSA) is 74.0 Å². The number of halogens is 4. The number of nitro groups is 1. The molecule has 0 unspecified atom stereocenters. The maximum atomic E-state index is 13.0. The van der Waals surface area contributed by atoms with Gasteiger partial charge in [0.1, 0.15) is 0 Å². The second-order valence-electron chi connectivity index (χ2n) is 7.12. The Kier molecular flexibility index (Phi) is 7.06. The zero-order chi connectivity index (χ0) is 24.3. The summed E-state index contributed by atoms with van der Waals surface area (Å²) in [6, 6.07) is 11.2. The molecule has 0 atom stereocenters. The molecule has 3 aromatic rings. The molecule has 0 radical (unpaired) electrons. The predicted molar refractivity (Wildman–Crippen MR) is 122 cm³/mol. The van der Waals surface area contributed by atoms with Crippen LogP contribution in [0.15, 0.2) is 58.0 Å². The number of benzene rings is 3. The van der Waals surface area contributed by atoms with Gasteiger partial charge in [0.25, 0.3) is 0 Å². The van der Waals surface area contributed by atoms with Crippen LogP contribution in [0.1, 0.15) is 22.3 Å². The van der Waals surface area contributed by atoms with Gasteiger partial charge in [0.05, 0.1) is 27.8 Å². The number of nitro benzene ring substituents is 1. The van der Waals surface area contributed by atoms with Crippen LogP contribution in [-0.4, -0.2) is 18.2 Å². The van der Waals surface area contributed by atoms with E-state index >= 15 is 0 Å². The van der Waals surface area contributed by atoms with E-state index in [1.165, 1.54) is 7.11 Å². The summed E-state index contributed by atoms with van der Waals surface area (Å²) in [7, 11) is 1.38. The third kappa shape index (κ3) is 5.70. The maximum absolute atomic E-state index is 13.0. The van der Waals surface area contributed by atoms with Crippen LogP contribution in [0.2, 0.25) is 0 Å². The smallest absolute Gasteiger partial charge is 0.416 e. The van der Waals surface area contributed by atoms with Crippen LogP contribution in [0, 0.1) is 24.0 Å². The molecule has 0 amide bonds. The Labute approximate surface area is 196 Å². The molecule has 0 N–H and O–H groups in total. The van der Waals surface area contributed by atoms with Gasteiger partial charge in [0, 0.05) is 12.3 Å². The third-order valence-electron chi connectivity index (χ3n) is 4.65. The van der Waals surface area contributed by atoms with Crippen molar-refractivity contribution in [1.29, 1.82) is 0 Å². The Morgan fingerprint density at radius 3 is 2.39 bits per heavy atom. The first-order chi connectivity index (χ1) is 15.5. The zero-order valence-corrected chi connectivity index (χ0v) is 19.3. The number of nitrogens with zero attached hydrogens (tertiary/aromatic N) is 2. The highest BCUT2D eigenvalue weighted by molar-refractivity contribution is 9.10. The molecule has 0 aliphatic carbocycles. The molecule has 33 heavy (non-hydrogen) atoms. The minimum absolute atomic E-state index is 0.0732. The van der Waals surface area contributed by atoms with Crippen molar-refractivity contribution in [2.75, 3.05) is 7.11 Å².